The number of benzene rings is 2. The molecule has 0 N–H and O–H groups in total. The summed E-state index contributed by atoms with van der Waals surface area (Å²) in [5.74, 6) is -2.35. The van der Waals surface area contributed by atoms with Gasteiger partial charge >= 0.3 is 0 Å². The van der Waals surface area contributed by atoms with Crippen molar-refractivity contribution in [3.05, 3.63) is 58.6 Å². The minimum atomic E-state index is -4.44. The number of hydrogen-bond donors (Lipinski definition) is 0. The molecule has 34 heavy (non-hydrogen) atoms. The van der Waals surface area contributed by atoms with Crippen molar-refractivity contribution in [1.82, 2.24) is 8.61 Å². The molecule has 0 spiro atoms. The summed E-state index contributed by atoms with van der Waals surface area (Å²) in [6, 6.07) is 5.82. The fourth-order valence-electron chi connectivity index (χ4n) is 5.41. The predicted molar refractivity (Wildman–Crippen MR) is 122 cm³/mol. The van der Waals surface area contributed by atoms with Crippen LogP contribution in [0.1, 0.15) is 31.2 Å². The maximum Gasteiger partial charge on any atom is 0.282 e. The first-order chi connectivity index (χ1) is 16.1. The van der Waals surface area contributed by atoms with Crippen LogP contribution in [0.15, 0.2) is 41.3 Å². The van der Waals surface area contributed by atoms with Crippen molar-refractivity contribution in [1.29, 1.82) is 0 Å². The van der Waals surface area contributed by atoms with Gasteiger partial charge in [0.25, 0.3) is 10.2 Å². The molecule has 3 aliphatic rings. The zero-order chi connectivity index (χ0) is 24.3. The third kappa shape index (κ3) is 3.39. The SMILES string of the molecule is O=S(=O)(N1CCCC1)N1CCC[C@]2(S(=O)(=O)c3ccc(Cl)cc3)c3c(F)ccc(F)c3OC[C@H]12. The number of piperidine rings is 1. The highest BCUT2D eigenvalue weighted by Crippen LogP contribution is 2.54. The lowest BCUT2D eigenvalue weighted by Gasteiger charge is -2.51. The van der Waals surface area contributed by atoms with E-state index in [0.29, 0.717) is 31.0 Å². The highest BCUT2D eigenvalue weighted by Gasteiger charge is 2.63. The van der Waals surface area contributed by atoms with Gasteiger partial charge in [0.1, 0.15) is 17.2 Å². The Morgan fingerprint density at radius 1 is 0.912 bits per heavy atom. The predicted octanol–water partition coefficient (Wildman–Crippen LogP) is 3.48. The summed E-state index contributed by atoms with van der Waals surface area (Å²) < 4.78 is 91.7. The maximum atomic E-state index is 15.4. The monoisotopic (exact) mass is 532 g/mol. The van der Waals surface area contributed by atoms with Crippen molar-refractivity contribution in [3.8, 4) is 5.75 Å². The molecular formula is C22H23ClF2N2O5S2. The molecule has 2 aromatic rings. The molecular weight excluding hydrogens is 510 g/mol. The van der Waals surface area contributed by atoms with E-state index in [1.807, 2.05) is 0 Å². The van der Waals surface area contributed by atoms with Gasteiger partial charge in [0.05, 0.1) is 16.5 Å². The molecule has 12 heteroatoms. The number of ether oxygens (including phenoxy) is 1. The molecule has 2 saturated heterocycles. The van der Waals surface area contributed by atoms with Gasteiger partial charge in [-0.1, -0.05) is 11.6 Å². The molecule has 0 unspecified atom stereocenters. The molecule has 0 bridgehead atoms. The average Bonchev–Trinajstić information content (AvgIpc) is 3.36. The molecule has 184 valence electrons. The topological polar surface area (TPSA) is 84.0 Å². The lowest BCUT2D eigenvalue weighted by molar-refractivity contribution is 0.0941. The first kappa shape index (κ1) is 23.9. The Bertz CT molecular complexity index is 1330. The van der Waals surface area contributed by atoms with E-state index >= 15 is 4.39 Å². The number of nitrogens with zero attached hydrogens (tertiary/aromatic N) is 2. The minimum Gasteiger partial charge on any atom is -0.488 e. The van der Waals surface area contributed by atoms with E-state index in [9.17, 15) is 21.2 Å². The van der Waals surface area contributed by atoms with Crippen LogP contribution in [0.25, 0.3) is 0 Å². The number of fused-ring (bicyclic) bond motifs is 3. The van der Waals surface area contributed by atoms with E-state index in [1.165, 1.54) is 28.6 Å². The van der Waals surface area contributed by atoms with Gasteiger partial charge in [-0.25, -0.2) is 17.2 Å². The first-order valence-corrected chi connectivity index (χ1v) is 14.2. The van der Waals surface area contributed by atoms with Gasteiger partial charge in [0, 0.05) is 24.7 Å². The molecule has 0 saturated carbocycles. The van der Waals surface area contributed by atoms with Crippen molar-refractivity contribution in [2.24, 2.45) is 0 Å². The van der Waals surface area contributed by atoms with Crippen molar-refractivity contribution < 1.29 is 30.4 Å². The fourth-order valence-corrected chi connectivity index (χ4v) is 9.88. The van der Waals surface area contributed by atoms with E-state index in [0.717, 1.165) is 16.4 Å². The van der Waals surface area contributed by atoms with Gasteiger partial charge in [-0.2, -0.15) is 17.0 Å². The summed E-state index contributed by atoms with van der Waals surface area (Å²) in [5, 5.41) is 0.305. The second kappa shape index (κ2) is 8.41. The van der Waals surface area contributed by atoms with Crippen molar-refractivity contribution in [2.45, 2.75) is 41.4 Å². The zero-order valence-electron chi connectivity index (χ0n) is 18.1. The quantitative estimate of drug-likeness (QED) is 0.602. The Morgan fingerprint density at radius 2 is 1.56 bits per heavy atom. The van der Waals surface area contributed by atoms with Crippen molar-refractivity contribution in [2.75, 3.05) is 26.2 Å². The third-order valence-electron chi connectivity index (χ3n) is 6.97. The van der Waals surface area contributed by atoms with Crippen molar-refractivity contribution >= 4 is 31.6 Å². The molecule has 2 atom stereocenters. The Labute approximate surface area is 202 Å². The van der Waals surface area contributed by atoms with Crippen LogP contribution in [0.3, 0.4) is 0 Å². The normalized spacial score (nSPS) is 26.0. The molecule has 0 amide bonds. The van der Waals surface area contributed by atoms with Crippen LogP contribution in [0.4, 0.5) is 8.78 Å². The number of hydrogen-bond acceptors (Lipinski definition) is 5. The van der Waals surface area contributed by atoms with Crippen LogP contribution in [0, 0.1) is 11.6 Å². The molecule has 2 fully saturated rings. The minimum absolute atomic E-state index is 0.0526. The third-order valence-corrected chi connectivity index (χ3v) is 11.8. The van der Waals surface area contributed by atoms with Crippen LogP contribution in [0.5, 0.6) is 5.75 Å². The first-order valence-electron chi connectivity index (χ1n) is 11.0. The van der Waals surface area contributed by atoms with Crippen molar-refractivity contribution in [3.63, 3.8) is 0 Å². The maximum absolute atomic E-state index is 15.4. The summed E-state index contributed by atoms with van der Waals surface area (Å²) in [6.07, 6.45) is 1.45. The number of sulfone groups is 1. The highest BCUT2D eigenvalue weighted by molar-refractivity contribution is 7.92. The highest BCUT2D eigenvalue weighted by atomic mass is 35.5. The largest absolute Gasteiger partial charge is 0.488 e. The van der Waals surface area contributed by atoms with E-state index in [-0.39, 0.29) is 24.3 Å². The Morgan fingerprint density at radius 3 is 2.24 bits per heavy atom. The van der Waals surface area contributed by atoms with Gasteiger partial charge in [-0.15, -0.1) is 0 Å². The smallest absolute Gasteiger partial charge is 0.282 e. The molecule has 2 aromatic carbocycles. The number of halogens is 3. The molecule has 3 heterocycles. The molecule has 0 aromatic heterocycles. The molecule has 0 radical (unpaired) electrons. The fraction of sp³-hybridized carbons (Fsp3) is 0.455. The van der Waals surface area contributed by atoms with Crippen LogP contribution >= 0.6 is 11.6 Å². The molecule has 7 nitrogen and oxygen atoms in total. The van der Waals surface area contributed by atoms with Crippen LogP contribution < -0.4 is 4.74 Å². The zero-order valence-corrected chi connectivity index (χ0v) is 20.5. The van der Waals surface area contributed by atoms with Gasteiger partial charge in [0.15, 0.2) is 21.4 Å². The lowest BCUT2D eigenvalue weighted by Crippen LogP contribution is -2.65. The summed E-state index contributed by atoms with van der Waals surface area (Å²) >= 11 is 5.95. The number of rotatable bonds is 4. The second-order valence-corrected chi connectivity index (χ2v) is 13.3. The van der Waals surface area contributed by atoms with Gasteiger partial charge in [-0.05, 0) is 62.1 Å². The van der Waals surface area contributed by atoms with Gasteiger partial charge in [-0.3, -0.25) is 0 Å². The average molecular weight is 533 g/mol. The van der Waals surface area contributed by atoms with E-state index in [4.69, 9.17) is 16.3 Å². The van der Waals surface area contributed by atoms with Crippen LogP contribution in [-0.4, -0.2) is 57.7 Å². The summed E-state index contributed by atoms with van der Waals surface area (Å²) in [7, 11) is -8.50. The van der Waals surface area contributed by atoms with Gasteiger partial charge < -0.3 is 4.74 Å². The molecule has 5 rings (SSSR count). The van der Waals surface area contributed by atoms with E-state index in [1.54, 1.807) is 0 Å². The van der Waals surface area contributed by atoms with E-state index < -0.39 is 60.4 Å². The lowest BCUT2D eigenvalue weighted by atomic mass is 9.81. The Balaban J connectivity index is 1.77. The summed E-state index contributed by atoms with van der Waals surface area (Å²) in [5.41, 5.74) is -0.458. The summed E-state index contributed by atoms with van der Waals surface area (Å²) in [4.78, 5) is -0.154. The van der Waals surface area contributed by atoms with Gasteiger partial charge in [0.2, 0.25) is 0 Å². The molecule has 0 aliphatic carbocycles. The molecule has 3 aliphatic heterocycles. The van der Waals surface area contributed by atoms with E-state index in [2.05, 4.69) is 0 Å². The van der Waals surface area contributed by atoms with Crippen LogP contribution in [-0.2, 0) is 24.8 Å². The second-order valence-electron chi connectivity index (χ2n) is 8.74. The standard InChI is InChI=1S/C22H23ClF2N2O5S2/c23-15-4-6-16(7-5-15)33(28,29)22-10-3-13-27(34(30,31)26-11-1-2-12-26)19(22)14-32-21-18(25)9-8-17(24)20(21)22/h4-9,19H,1-3,10-14H2/t19-,22+/m0/s1. The Hall–Kier alpha value is -1.79. The Kier molecular flexibility index (Phi) is 5.92. The summed E-state index contributed by atoms with van der Waals surface area (Å²) in [6.45, 7) is 0.274. The van der Waals surface area contributed by atoms with Crippen LogP contribution in [0.2, 0.25) is 5.02 Å².